The van der Waals surface area contributed by atoms with E-state index in [1.54, 1.807) is 0 Å². The molecule has 6 aromatic rings. The smallest absolute Gasteiger partial charge is 0.0709 e. The Kier molecular flexibility index (Phi) is 6.44. The number of hydrogen-bond donors (Lipinski definition) is 0. The number of hydrogen-bond acceptors (Lipinski definition) is 2. The Morgan fingerprint density at radius 2 is 1.61 bits per heavy atom. The standard InChI is InChI=1S/C48H39N3/c1-4-11-31(12-5-1)46-37-21-20-35-29-39(37)47(32-13-6-2-7-14-32)48(35)25-23-34(28-41(46)48)43-18-10-17-42(50-43)33-19-22-44-38(27-33)40-30-49-26-24-45(40)51(44)36-15-8-3-9-16-36/h1-2,4-8,10-15,17-24,26-28,30,35-36,39,47H,3,9,16,25,29H2/t35?,36?,39?,47?,48-/m1/s1. The molecule has 5 aliphatic carbocycles. The van der Waals surface area contributed by atoms with Gasteiger partial charge in [-0.1, -0.05) is 103 Å². The molecule has 0 aliphatic heterocycles. The third-order valence-electron chi connectivity index (χ3n) is 12.8. The number of aromatic nitrogens is 3. The lowest BCUT2D eigenvalue weighted by Crippen LogP contribution is -2.37. The first-order chi connectivity index (χ1) is 25.3. The summed E-state index contributed by atoms with van der Waals surface area (Å²) in [4.78, 5) is 9.94. The molecule has 0 saturated heterocycles. The Morgan fingerprint density at radius 1 is 0.765 bits per heavy atom. The summed E-state index contributed by atoms with van der Waals surface area (Å²) in [5.41, 5.74) is 14.3. The first kappa shape index (κ1) is 29.2. The summed E-state index contributed by atoms with van der Waals surface area (Å²) in [7, 11) is 0. The minimum Gasteiger partial charge on any atom is -0.333 e. The van der Waals surface area contributed by atoms with Crippen molar-refractivity contribution in [2.45, 2.75) is 44.1 Å². The molecule has 0 amide bonds. The van der Waals surface area contributed by atoms with Gasteiger partial charge in [0.15, 0.2) is 0 Å². The van der Waals surface area contributed by atoms with Crippen molar-refractivity contribution >= 4 is 33.0 Å². The number of allylic oxidation sites excluding steroid dienone is 10. The molecule has 5 atom stereocenters. The lowest BCUT2D eigenvalue weighted by molar-refractivity contribution is 0.267. The fraction of sp³-hybridized carbons (Fsp3) is 0.208. The molecule has 1 fully saturated rings. The number of fused-ring (bicyclic) bond motifs is 4. The van der Waals surface area contributed by atoms with Crippen molar-refractivity contribution in [3.05, 3.63) is 180 Å². The molecule has 1 saturated carbocycles. The Labute approximate surface area is 299 Å². The molecule has 4 unspecified atom stereocenters. The molecule has 246 valence electrons. The summed E-state index contributed by atoms with van der Waals surface area (Å²) in [6, 6.07) is 38.5. The van der Waals surface area contributed by atoms with E-state index in [1.165, 1.54) is 80.9 Å². The number of rotatable bonds is 5. The van der Waals surface area contributed by atoms with Gasteiger partial charge in [0.2, 0.25) is 0 Å². The quantitative estimate of drug-likeness (QED) is 0.173. The predicted molar refractivity (Wildman–Crippen MR) is 209 cm³/mol. The van der Waals surface area contributed by atoms with Crippen LogP contribution in [0.4, 0.5) is 0 Å². The summed E-state index contributed by atoms with van der Waals surface area (Å²) < 4.78 is 2.52. The van der Waals surface area contributed by atoms with Gasteiger partial charge in [-0.2, -0.15) is 0 Å². The van der Waals surface area contributed by atoms with Crippen molar-refractivity contribution in [2.75, 3.05) is 0 Å². The molecule has 3 aromatic heterocycles. The highest BCUT2D eigenvalue weighted by Crippen LogP contribution is 2.72. The molecule has 11 rings (SSSR count). The van der Waals surface area contributed by atoms with Gasteiger partial charge in [0.1, 0.15) is 0 Å². The Hall–Kier alpha value is -5.54. The monoisotopic (exact) mass is 657 g/mol. The van der Waals surface area contributed by atoms with Crippen molar-refractivity contribution in [2.24, 2.45) is 17.3 Å². The third-order valence-corrected chi connectivity index (χ3v) is 12.8. The molecular weight excluding hydrogens is 619 g/mol. The lowest BCUT2D eigenvalue weighted by atomic mass is 9.55. The van der Waals surface area contributed by atoms with E-state index in [0.717, 1.165) is 23.4 Å². The summed E-state index contributed by atoms with van der Waals surface area (Å²) in [5, 5.41) is 2.45. The van der Waals surface area contributed by atoms with Crippen LogP contribution in [0.2, 0.25) is 0 Å². The van der Waals surface area contributed by atoms with Gasteiger partial charge in [-0.25, -0.2) is 4.98 Å². The van der Waals surface area contributed by atoms with Crippen LogP contribution in [-0.4, -0.2) is 14.5 Å². The van der Waals surface area contributed by atoms with Crippen LogP contribution in [0.15, 0.2) is 163 Å². The lowest BCUT2D eigenvalue weighted by Gasteiger charge is -2.47. The van der Waals surface area contributed by atoms with Crippen LogP contribution in [0.3, 0.4) is 0 Å². The Morgan fingerprint density at radius 3 is 2.47 bits per heavy atom. The molecule has 3 bridgehead atoms. The van der Waals surface area contributed by atoms with Gasteiger partial charge in [-0.05, 0) is 114 Å². The molecular formula is C48H39N3. The molecule has 3 heterocycles. The molecule has 1 spiro atoms. The van der Waals surface area contributed by atoms with E-state index < -0.39 is 0 Å². The van der Waals surface area contributed by atoms with Gasteiger partial charge in [0.05, 0.1) is 22.9 Å². The molecule has 0 N–H and O–H groups in total. The highest BCUT2D eigenvalue weighted by atomic mass is 15.0. The highest BCUT2D eigenvalue weighted by Gasteiger charge is 2.62. The second kappa shape index (κ2) is 11.2. The Balaban J connectivity index is 1.03. The molecule has 3 aromatic carbocycles. The van der Waals surface area contributed by atoms with E-state index in [4.69, 9.17) is 4.98 Å². The predicted octanol–water partition coefficient (Wildman–Crippen LogP) is 11.7. The minimum absolute atomic E-state index is 0.0373. The van der Waals surface area contributed by atoms with E-state index in [2.05, 4.69) is 149 Å². The van der Waals surface area contributed by atoms with E-state index >= 15 is 0 Å². The first-order valence-electron chi connectivity index (χ1n) is 18.8. The SMILES string of the molecule is C1=CC(n2c3ccncc3c3cc(-c4cccc(C5=CC[C@]67C(=C5)C(c5ccccc5)=C5C=CC6CC5C7c5ccccc5)n4)ccc32)CCC1. The van der Waals surface area contributed by atoms with Crippen LogP contribution in [0, 0.1) is 17.3 Å². The molecule has 5 aliphatic rings. The van der Waals surface area contributed by atoms with Crippen molar-refractivity contribution in [3.63, 3.8) is 0 Å². The largest absolute Gasteiger partial charge is 0.333 e. The average molecular weight is 658 g/mol. The van der Waals surface area contributed by atoms with Crippen LogP contribution in [0.25, 0.3) is 44.2 Å². The summed E-state index contributed by atoms with van der Waals surface area (Å²) in [5.74, 6) is 1.53. The van der Waals surface area contributed by atoms with E-state index in [0.29, 0.717) is 23.8 Å². The maximum Gasteiger partial charge on any atom is 0.0709 e. The third kappa shape index (κ3) is 4.24. The van der Waals surface area contributed by atoms with Crippen LogP contribution < -0.4 is 0 Å². The second-order valence-electron chi connectivity index (χ2n) is 15.2. The molecule has 0 radical (unpaired) electrons. The van der Waals surface area contributed by atoms with Crippen molar-refractivity contribution in [3.8, 4) is 11.3 Å². The summed E-state index contributed by atoms with van der Waals surface area (Å²) in [6.45, 7) is 0. The van der Waals surface area contributed by atoms with Gasteiger partial charge < -0.3 is 4.57 Å². The zero-order valence-corrected chi connectivity index (χ0v) is 28.6. The summed E-state index contributed by atoms with van der Waals surface area (Å²) in [6.07, 6.45) is 24.6. The number of benzene rings is 3. The van der Waals surface area contributed by atoms with Crippen molar-refractivity contribution in [1.29, 1.82) is 0 Å². The zero-order valence-electron chi connectivity index (χ0n) is 28.6. The van der Waals surface area contributed by atoms with Gasteiger partial charge in [0.25, 0.3) is 0 Å². The number of pyridine rings is 2. The van der Waals surface area contributed by atoms with Crippen LogP contribution in [-0.2, 0) is 0 Å². The van der Waals surface area contributed by atoms with Crippen LogP contribution in [0.1, 0.15) is 60.9 Å². The Bertz CT molecular complexity index is 2530. The number of nitrogens with zero attached hydrogens (tertiary/aromatic N) is 3. The highest BCUT2D eigenvalue weighted by molar-refractivity contribution is 6.09. The van der Waals surface area contributed by atoms with Crippen LogP contribution >= 0.6 is 0 Å². The van der Waals surface area contributed by atoms with E-state index in [1.807, 2.05) is 12.4 Å². The fourth-order valence-corrected chi connectivity index (χ4v) is 10.7. The van der Waals surface area contributed by atoms with Gasteiger partial charge in [0, 0.05) is 45.6 Å². The summed E-state index contributed by atoms with van der Waals surface area (Å²) >= 11 is 0. The second-order valence-corrected chi connectivity index (χ2v) is 15.2. The van der Waals surface area contributed by atoms with Crippen LogP contribution in [0.5, 0.6) is 0 Å². The molecule has 3 nitrogen and oxygen atoms in total. The van der Waals surface area contributed by atoms with E-state index in [9.17, 15) is 0 Å². The van der Waals surface area contributed by atoms with Gasteiger partial charge in [-0.3, -0.25) is 4.98 Å². The first-order valence-corrected chi connectivity index (χ1v) is 18.8. The minimum atomic E-state index is 0.0373. The van der Waals surface area contributed by atoms with E-state index in [-0.39, 0.29) is 5.41 Å². The van der Waals surface area contributed by atoms with Crippen molar-refractivity contribution in [1.82, 2.24) is 14.5 Å². The average Bonchev–Trinajstić information content (AvgIpc) is 3.57. The van der Waals surface area contributed by atoms with Gasteiger partial charge in [-0.15, -0.1) is 0 Å². The van der Waals surface area contributed by atoms with Crippen molar-refractivity contribution < 1.29 is 0 Å². The zero-order chi connectivity index (χ0) is 33.5. The maximum absolute atomic E-state index is 5.40. The normalized spacial score (nSPS) is 26.1. The fourth-order valence-electron chi connectivity index (χ4n) is 10.7. The molecule has 3 heteroatoms. The van der Waals surface area contributed by atoms with Gasteiger partial charge >= 0.3 is 0 Å². The maximum atomic E-state index is 5.40. The topological polar surface area (TPSA) is 30.7 Å². The molecule has 51 heavy (non-hydrogen) atoms.